The highest BCUT2D eigenvalue weighted by molar-refractivity contribution is 7.12. The summed E-state index contributed by atoms with van der Waals surface area (Å²) in [7, 11) is 2.06. The van der Waals surface area contributed by atoms with Gasteiger partial charge in [-0.3, -0.25) is 0 Å². The molecule has 1 atom stereocenters. The minimum atomic E-state index is 0.489. The number of hydrogen-bond donors (Lipinski definition) is 1. The van der Waals surface area contributed by atoms with Crippen LogP contribution in [0.1, 0.15) is 60.4 Å². The summed E-state index contributed by atoms with van der Waals surface area (Å²) in [6.45, 7) is 1.92. The Labute approximate surface area is 115 Å². The Morgan fingerprint density at radius 2 is 2.17 bits per heavy atom. The fourth-order valence-corrected chi connectivity index (χ4v) is 4.03. The van der Waals surface area contributed by atoms with Crippen molar-refractivity contribution in [2.45, 2.75) is 57.9 Å². The number of aryl methyl sites for hydroxylation is 2. The maximum Gasteiger partial charge on any atom is 0.0421 e. The van der Waals surface area contributed by atoms with Gasteiger partial charge in [0.25, 0.3) is 0 Å². The average molecular weight is 261 g/mol. The Balaban J connectivity index is 2.08. The fourth-order valence-electron chi connectivity index (χ4n) is 2.63. The van der Waals surface area contributed by atoms with Gasteiger partial charge in [-0.1, -0.05) is 6.42 Å². The third-order valence-electron chi connectivity index (χ3n) is 3.69. The number of fused-ring (bicyclic) bond motifs is 1. The molecular weight excluding hydrogens is 238 g/mol. The Hall–Kier alpha value is -0.780. The van der Waals surface area contributed by atoms with Gasteiger partial charge in [-0.15, -0.1) is 23.2 Å². The van der Waals surface area contributed by atoms with Gasteiger partial charge >= 0.3 is 0 Å². The van der Waals surface area contributed by atoms with Crippen molar-refractivity contribution in [2.75, 3.05) is 7.05 Å². The summed E-state index contributed by atoms with van der Waals surface area (Å²) in [5.41, 5.74) is 1.62. The van der Waals surface area contributed by atoms with Crippen molar-refractivity contribution < 1.29 is 0 Å². The standard InChI is InChI=1S/C16H23NS/c1-3-4-6-10-14(17-2)16-12-13-9-7-5-8-11-15(13)18-16/h12,14,17H,5-11H2,1-2H3. The van der Waals surface area contributed by atoms with E-state index in [4.69, 9.17) is 0 Å². The summed E-state index contributed by atoms with van der Waals surface area (Å²) in [4.78, 5) is 3.16. The third-order valence-corrected chi connectivity index (χ3v) is 5.04. The third kappa shape index (κ3) is 3.37. The molecule has 0 amide bonds. The molecule has 1 aromatic rings. The molecule has 0 fully saturated rings. The van der Waals surface area contributed by atoms with Crippen molar-refractivity contribution in [3.63, 3.8) is 0 Å². The Morgan fingerprint density at radius 3 is 2.94 bits per heavy atom. The van der Waals surface area contributed by atoms with Crippen molar-refractivity contribution >= 4 is 11.3 Å². The molecule has 1 nitrogen and oxygen atoms in total. The van der Waals surface area contributed by atoms with Crippen LogP contribution in [0, 0.1) is 11.8 Å². The second-order valence-electron chi connectivity index (χ2n) is 4.96. The SMILES string of the molecule is CC#CCCC(NC)c1cc2c(s1)CCCCC2. The van der Waals surface area contributed by atoms with Crippen molar-refractivity contribution in [3.05, 3.63) is 21.4 Å². The summed E-state index contributed by atoms with van der Waals surface area (Å²) < 4.78 is 0. The molecular formula is C16H23NS. The van der Waals surface area contributed by atoms with Gasteiger partial charge < -0.3 is 5.32 Å². The Morgan fingerprint density at radius 1 is 1.33 bits per heavy atom. The summed E-state index contributed by atoms with van der Waals surface area (Å²) >= 11 is 2.03. The smallest absolute Gasteiger partial charge is 0.0421 e. The van der Waals surface area contributed by atoms with E-state index in [-0.39, 0.29) is 0 Å². The molecule has 1 aromatic heterocycles. The topological polar surface area (TPSA) is 12.0 Å². The van der Waals surface area contributed by atoms with E-state index < -0.39 is 0 Å². The lowest BCUT2D eigenvalue weighted by atomic mass is 10.1. The Kier molecular flexibility index (Phi) is 5.28. The molecule has 0 saturated carbocycles. The van der Waals surface area contributed by atoms with Crippen LogP contribution in [0.25, 0.3) is 0 Å². The molecule has 0 aliphatic heterocycles. The van der Waals surface area contributed by atoms with Crippen molar-refractivity contribution in [1.29, 1.82) is 0 Å². The summed E-state index contributed by atoms with van der Waals surface area (Å²) in [5, 5.41) is 3.44. The van der Waals surface area contributed by atoms with Crippen LogP contribution in [0.5, 0.6) is 0 Å². The molecule has 1 unspecified atom stereocenters. The molecule has 2 rings (SSSR count). The normalized spacial score (nSPS) is 16.3. The van der Waals surface area contributed by atoms with E-state index in [1.165, 1.54) is 37.0 Å². The molecule has 0 radical (unpaired) electrons. The zero-order valence-electron chi connectivity index (χ0n) is 11.5. The van der Waals surface area contributed by atoms with Gasteiger partial charge in [0.2, 0.25) is 0 Å². The second-order valence-corrected chi connectivity index (χ2v) is 6.13. The highest BCUT2D eigenvalue weighted by Gasteiger charge is 2.16. The van der Waals surface area contributed by atoms with Crippen LogP contribution in [-0.2, 0) is 12.8 Å². The second kappa shape index (κ2) is 6.97. The van der Waals surface area contributed by atoms with Crippen molar-refractivity contribution in [3.8, 4) is 11.8 Å². The van der Waals surface area contributed by atoms with Crippen LogP contribution in [0.3, 0.4) is 0 Å². The first-order valence-electron chi connectivity index (χ1n) is 7.03. The van der Waals surface area contributed by atoms with Crippen LogP contribution < -0.4 is 5.32 Å². The first kappa shape index (κ1) is 13.6. The molecule has 1 N–H and O–H groups in total. The van der Waals surface area contributed by atoms with Gasteiger partial charge in [-0.2, -0.15) is 0 Å². The minimum Gasteiger partial charge on any atom is -0.312 e. The van der Waals surface area contributed by atoms with E-state index >= 15 is 0 Å². The number of nitrogens with one attached hydrogen (secondary N) is 1. The molecule has 18 heavy (non-hydrogen) atoms. The molecule has 0 aromatic carbocycles. The molecule has 98 valence electrons. The van der Waals surface area contributed by atoms with Crippen LogP contribution in [0.4, 0.5) is 0 Å². The lowest BCUT2D eigenvalue weighted by molar-refractivity contribution is 0.567. The van der Waals surface area contributed by atoms with E-state index in [0.29, 0.717) is 6.04 Å². The van der Waals surface area contributed by atoms with Crippen LogP contribution in [0.15, 0.2) is 6.07 Å². The molecule has 1 aliphatic rings. The molecule has 2 heteroatoms. The van der Waals surface area contributed by atoms with Crippen LogP contribution in [0.2, 0.25) is 0 Å². The monoisotopic (exact) mass is 261 g/mol. The van der Waals surface area contributed by atoms with Gasteiger partial charge in [0, 0.05) is 22.2 Å². The van der Waals surface area contributed by atoms with Gasteiger partial charge in [-0.25, -0.2) is 0 Å². The van der Waals surface area contributed by atoms with Gasteiger partial charge in [0.1, 0.15) is 0 Å². The van der Waals surface area contributed by atoms with E-state index in [2.05, 4.69) is 30.3 Å². The molecule has 1 aliphatic carbocycles. The molecule has 0 bridgehead atoms. The highest BCUT2D eigenvalue weighted by atomic mass is 32.1. The zero-order chi connectivity index (χ0) is 12.8. The van der Waals surface area contributed by atoms with Gasteiger partial charge in [-0.05, 0) is 57.7 Å². The maximum absolute atomic E-state index is 3.44. The number of thiophene rings is 1. The summed E-state index contributed by atoms with van der Waals surface area (Å²) in [6, 6.07) is 2.94. The van der Waals surface area contributed by atoms with E-state index in [0.717, 1.165) is 12.8 Å². The predicted molar refractivity (Wildman–Crippen MR) is 80.1 cm³/mol. The number of hydrogen-bond acceptors (Lipinski definition) is 2. The lowest BCUT2D eigenvalue weighted by Gasteiger charge is -2.12. The first-order chi connectivity index (χ1) is 8.85. The summed E-state index contributed by atoms with van der Waals surface area (Å²) in [6.07, 6.45) is 8.84. The van der Waals surface area contributed by atoms with Gasteiger partial charge in [0.05, 0.1) is 0 Å². The Bertz CT molecular complexity index is 412. The minimum absolute atomic E-state index is 0.489. The molecule has 1 heterocycles. The quantitative estimate of drug-likeness (QED) is 0.636. The van der Waals surface area contributed by atoms with Gasteiger partial charge in [0.15, 0.2) is 0 Å². The van der Waals surface area contributed by atoms with E-state index in [9.17, 15) is 0 Å². The maximum atomic E-state index is 3.44. The zero-order valence-corrected chi connectivity index (χ0v) is 12.3. The van der Waals surface area contributed by atoms with Crippen molar-refractivity contribution in [2.24, 2.45) is 0 Å². The van der Waals surface area contributed by atoms with Crippen LogP contribution >= 0.6 is 11.3 Å². The van der Waals surface area contributed by atoms with Crippen molar-refractivity contribution in [1.82, 2.24) is 5.32 Å². The van der Waals surface area contributed by atoms with Crippen LogP contribution in [-0.4, -0.2) is 7.05 Å². The lowest BCUT2D eigenvalue weighted by Crippen LogP contribution is -2.14. The highest BCUT2D eigenvalue weighted by Crippen LogP contribution is 2.33. The largest absolute Gasteiger partial charge is 0.312 e. The first-order valence-corrected chi connectivity index (χ1v) is 7.85. The molecule has 0 saturated heterocycles. The molecule has 0 spiro atoms. The fraction of sp³-hybridized carbons (Fsp3) is 0.625. The van der Waals surface area contributed by atoms with E-state index in [1.54, 1.807) is 10.4 Å². The summed E-state index contributed by atoms with van der Waals surface area (Å²) in [5.74, 6) is 6.15. The van der Waals surface area contributed by atoms with E-state index in [1.807, 2.05) is 18.3 Å². The number of rotatable bonds is 4. The average Bonchev–Trinajstić information content (AvgIpc) is 2.66. The predicted octanol–water partition coefficient (Wildman–Crippen LogP) is 4.08.